The highest BCUT2D eigenvalue weighted by Gasteiger charge is 2.30. The second kappa shape index (κ2) is 4.61. The topological polar surface area (TPSA) is 21.3 Å². The summed E-state index contributed by atoms with van der Waals surface area (Å²) in [5, 5.41) is 4.70. The summed E-state index contributed by atoms with van der Waals surface area (Å²) < 4.78 is 5.72. The summed E-state index contributed by atoms with van der Waals surface area (Å²) in [5.41, 5.74) is 0.861. The molecule has 1 heterocycles. The van der Waals surface area contributed by atoms with Crippen molar-refractivity contribution in [2.75, 3.05) is 7.05 Å². The number of ether oxygens (including phenoxy) is 1. The van der Waals surface area contributed by atoms with Crippen LogP contribution < -0.4 is 10.1 Å². The summed E-state index contributed by atoms with van der Waals surface area (Å²) in [5.74, 6) is 0.647. The Morgan fingerprint density at radius 3 is 2.62 bits per heavy atom. The Hall–Kier alpha value is -0.150. The van der Waals surface area contributed by atoms with Gasteiger partial charge in [-0.15, -0.1) is 0 Å². The van der Waals surface area contributed by atoms with Crippen molar-refractivity contribution in [1.29, 1.82) is 0 Å². The van der Waals surface area contributed by atoms with Crippen LogP contribution in [0.4, 0.5) is 0 Å². The molecule has 0 aromatic heterocycles. The molecule has 1 aliphatic rings. The summed E-state index contributed by atoms with van der Waals surface area (Å²) in [6, 6.07) is 1.75. The van der Waals surface area contributed by atoms with Crippen LogP contribution in [-0.4, -0.2) is 13.2 Å². The summed E-state index contributed by atoms with van der Waals surface area (Å²) >= 11 is 18.3. The molecular weight excluding hydrogens is 268 g/mol. The van der Waals surface area contributed by atoms with E-state index in [-0.39, 0.29) is 12.1 Å². The van der Waals surface area contributed by atoms with Gasteiger partial charge in [-0.1, -0.05) is 34.8 Å². The van der Waals surface area contributed by atoms with E-state index in [4.69, 9.17) is 39.5 Å². The fourth-order valence-electron chi connectivity index (χ4n) is 1.99. The van der Waals surface area contributed by atoms with E-state index in [1.807, 2.05) is 14.0 Å². The van der Waals surface area contributed by atoms with Gasteiger partial charge in [-0.3, -0.25) is 0 Å². The third-order valence-electron chi connectivity index (χ3n) is 2.74. The van der Waals surface area contributed by atoms with Gasteiger partial charge in [-0.2, -0.15) is 0 Å². The number of hydrogen-bond donors (Lipinski definition) is 1. The highest BCUT2D eigenvalue weighted by Crippen LogP contribution is 2.46. The molecule has 1 aromatic rings. The average Bonchev–Trinajstić information content (AvgIpc) is 2.25. The smallest absolute Gasteiger partial charge is 0.144 e. The van der Waals surface area contributed by atoms with Crippen molar-refractivity contribution in [1.82, 2.24) is 5.32 Å². The maximum atomic E-state index is 6.19. The number of fused-ring (bicyclic) bond motifs is 1. The molecule has 0 saturated carbocycles. The van der Waals surface area contributed by atoms with E-state index >= 15 is 0 Å². The molecule has 0 fully saturated rings. The molecular formula is C11H12Cl3NO. The van der Waals surface area contributed by atoms with Crippen molar-refractivity contribution < 1.29 is 4.74 Å². The minimum Gasteiger partial charge on any atom is -0.489 e. The van der Waals surface area contributed by atoms with Gasteiger partial charge >= 0.3 is 0 Å². The molecule has 1 N–H and O–H groups in total. The van der Waals surface area contributed by atoms with Crippen molar-refractivity contribution in [2.45, 2.75) is 25.5 Å². The first kappa shape index (κ1) is 12.3. The molecule has 1 aliphatic heterocycles. The van der Waals surface area contributed by atoms with Crippen LogP contribution in [0.25, 0.3) is 0 Å². The molecule has 5 heteroatoms. The van der Waals surface area contributed by atoms with E-state index in [1.165, 1.54) is 0 Å². The SMILES string of the molecule is CNC1CC(C)Oc2c(Cl)cc(Cl)c(Cl)c21. The molecule has 16 heavy (non-hydrogen) atoms. The van der Waals surface area contributed by atoms with Crippen molar-refractivity contribution >= 4 is 34.8 Å². The molecule has 0 bridgehead atoms. The molecule has 0 radical (unpaired) electrons. The van der Waals surface area contributed by atoms with E-state index in [2.05, 4.69) is 5.32 Å². The monoisotopic (exact) mass is 279 g/mol. The van der Waals surface area contributed by atoms with Gasteiger partial charge in [0.2, 0.25) is 0 Å². The lowest BCUT2D eigenvalue weighted by Crippen LogP contribution is -2.30. The van der Waals surface area contributed by atoms with Crippen molar-refractivity contribution in [3.8, 4) is 5.75 Å². The average molecular weight is 281 g/mol. The number of halogens is 3. The van der Waals surface area contributed by atoms with Crippen LogP contribution in [0.1, 0.15) is 24.9 Å². The van der Waals surface area contributed by atoms with Gasteiger partial charge in [-0.25, -0.2) is 0 Å². The van der Waals surface area contributed by atoms with E-state index in [9.17, 15) is 0 Å². The number of benzene rings is 1. The third kappa shape index (κ3) is 2.00. The number of hydrogen-bond acceptors (Lipinski definition) is 2. The summed E-state index contributed by atoms with van der Waals surface area (Å²) in [6.07, 6.45) is 0.958. The Kier molecular flexibility index (Phi) is 3.55. The van der Waals surface area contributed by atoms with Gasteiger partial charge in [-0.05, 0) is 20.0 Å². The lowest BCUT2D eigenvalue weighted by Gasteiger charge is -2.31. The van der Waals surface area contributed by atoms with Crippen LogP contribution in [-0.2, 0) is 0 Å². The first-order valence-electron chi connectivity index (χ1n) is 5.06. The molecule has 0 aliphatic carbocycles. The highest BCUT2D eigenvalue weighted by atomic mass is 35.5. The van der Waals surface area contributed by atoms with E-state index in [0.717, 1.165) is 12.0 Å². The molecule has 2 atom stereocenters. The van der Waals surface area contributed by atoms with Gasteiger partial charge in [0.1, 0.15) is 5.75 Å². The Bertz CT molecular complexity index is 422. The Morgan fingerprint density at radius 2 is 2.00 bits per heavy atom. The highest BCUT2D eigenvalue weighted by molar-refractivity contribution is 6.44. The zero-order chi connectivity index (χ0) is 11.9. The van der Waals surface area contributed by atoms with Gasteiger partial charge in [0.25, 0.3) is 0 Å². The second-order valence-electron chi connectivity index (χ2n) is 3.90. The zero-order valence-corrected chi connectivity index (χ0v) is 11.2. The quantitative estimate of drug-likeness (QED) is 0.783. The van der Waals surface area contributed by atoms with Gasteiger partial charge in [0, 0.05) is 18.0 Å². The molecule has 0 spiro atoms. The molecule has 1 aromatic carbocycles. The first-order valence-corrected chi connectivity index (χ1v) is 6.19. The molecule has 88 valence electrons. The second-order valence-corrected chi connectivity index (χ2v) is 5.09. The molecule has 0 saturated heterocycles. The van der Waals surface area contributed by atoms with Crippen LogP contribution in [0.5, 0.6) is 5.75 Å². The Morgan fingerprint density at radius 1 is 1.31 bits per heavy atom. The van der Waals surface area contributed by atoms with Crippen LogP contribution in [0.2, 0.25) is 15.1 Å². The summed E-state index contributed by atoms with van der Waals surface area (Å²) in [6.45, 7) is 2.01. The first-order chi connectivity index (χ1) is 7.54. The molecule has 2 unspecified atom stereocenters. The maximum Gasteiger partial charge on any atom is 0.144 e. The van der Waals surface area contributed by atoms with Crippen LogP contribution >= 0.6 is 34.8 Å². The fraction of sp³-hybridized carbons (Fsp3) is 0.455. The molecule has 0 amide bonds. The molecule has 2 nitrogen and oxygen atoms in total. The number of rotatable bonds is 1. The summed E-state index contributed by atoms with van der Waals surface area (Å²) in [4.78, 5) is 0. The van der Waals surface area contributed by atoms with Gasteiger partial charge < -0.3 is 10.1 Å². The van der Waals surface area contributed by atoms with Crippen molar-refractivity contribution in [2.24, 2.45) is 0 Å². The van der Waals surface area contributed by atoms with Crippen LogP contribution in [0.15, 0.2) is 6.07 Å². The van der Waals surface area contributed by atoms with Gasteiger partial charge in [0.05, 0.1) is 21.2 Å². The van der Waals surface area contributed by atoms with E-state index in [1.54, 1.807) is 6.07 Å². The zero-order valence-electron chi connectivity index (χ0n) is 8.98. The Labute approximate surface area is 110 Å². The normalized spacial score (nSPS) is 23.8. The maximum absolute atomic E-state index is 6.19. The van der Waals surface area contributed by atoms with Crippen LogP contribution in [0.3, 0.4) is 0 Å². The minimum absolute atomic E-state index is 0.111. The predicted octanol–water partition coefficient (Wildman–Crippen LogP) is 4.08. The standard InChI is InChI=1S/C11H12Cl3NO/c1-5-3-8(15-2)9-10(14)6(12)4-7(13)11(9)16-5/h4-5,8,15H,3H2,1-2H3. The van der Waals surface area contributed by atoms with Crippen molar-refractivity contribution in [3.05, 3.63) is 26.7 Å². The summed E-state index contributed by atoms with van der Waals surface area (Å²) in [7, 11) is 1.89. The van der Waals surface area contributed by atoms with E-state index in [0.29, 0.717) is 20.8 Å². The van der Waals surface area contributed by atoms with E-state index < -0.39 is 0 Å². The molecule has 2 rings (SSSR count). The van der Waals surface area contributed by atoms with Crippen molar-refractivity contribution in [3.63, 3.8) is 0 Å². The largest absolute Gasteiger partial charge is 0.489 e. The minimum atomic E-state index is 0.111. The lowest BCUT2D eigenvalue weighted by atomic mass is 9.97. The third-order valence-corrected chi connectivity index (χ3v) is 3.83. The fourth-order valence-corrected chi connectivity index (χ4v) is 2.78. The Balaban J connectivity index is 2.61. The van der Waals surface area contributed by atoms with Crippen LogP contribution in [0, 0.1) is 0 Å². The van der Waals surface area contributed by atoms with Gasteiger partial charge in [0.15, 0.2) is 0 Å². The lowest BCUT2D eigenvalue weighted by molar-refractivity contribution is 0.169. The number of nitrogens with one attached hydrogen (secondary N) is 1. The predicted molar refractivity (Wildman–Crippen MR) is 68.0 cm³/mol.